The Hall–Kier alpha value is -0.610. The first-order valence-corrected chi connectivity index (χ1v) is 3.61. The number of methoxy groups -OCH3 is 1. The summed E-state index contributed by atoms with van der Waals surface area (Å²) in [6, 6.07) is -0.0402. The Morgan fingerprint density at radius 2 is 2.27 bits per heavy atom. The van der Waals surface area contributed by atoms with E-state index < -0.39 is 0 Å². The molecule has 0 aromatic rings. The number of carbonyl (C=O) groups is 1. The van der Waals surface area contributed by atoms with E-state index in [-0.39, 0.29) is 24.5 Å². The number of hydrogen-bond acceptors (Lipinski definition) is 4. The van der Waals surface area contributed by atoms with Gasteiger partial charge in [0, 0.05) is 12.1 Å². The summed E-state index contributed by atoms with van der Waals surface area (Å²) in [4.78, 5) is 10.7. The lowest BCUT2D eigenvalue weighted by atomic mass is 10.1. The largest absolute Gasteiger partial charge is 0.469 e. The number of ether oxygens (including phenoxy) is 1. The molecule has 0 saturated carbocycles. The van der Waals surface area contributed by atoms with E-state index in [4.69, 9.17) is 5.73 Å². The molecule has 0 rings (SSSR count). The Morgan fingerprint density at radius 3 is 2.64 bits per heavy atom. The molecule has 0 aromatic heterocycles. The number of carbonyl (C=O) groups excluding carboxylic acids is 1. The molecule has 66 valence electrons. The zero-order valence-electron chi connectivity index (χ0n) is 7.26. The van der Waals surface area contributed by atoms with Gasteiger partial charge in [-0.05, 0) is 14.0 Å². The standard InChI is InChI=1S/C7H16N2O2/c1-5(9-2)6(8)4-7(10)11-3/h5-6,9H,4,8H2,1-3H3/t5-,6?/m1/s1. The van der Waals surface area contributed by atoms with Crippen LogP contribution in [-0.4, -0.2) is 32.2 Å². The Kier molecular flexibility index (Phi) is 4.81. The average molecular weight is 160 g/mol. The van der Waals surface area contributed by atoms with Crippen molar-refractivity contribution in [3.63, 3.8) is 0 Å². The molecule has 3 N–H and O–H groups in total. The molecule has 0 bridgehead atoms. The van der Waals surface area contributed by atoms with Gasteiger partial charge in [-0.1, -0.05) is 0 Å². The highest BCUT2D eigenvalue weighted by molar-refractivity contribution is 5.69. The van der Waals surface area contributed by atoms with Gasteiger partial charge in [0.1, 0.15) is 0 Å². The normalized spacial score (nSPS) is 15.6. The molecule has 0 heterocycles. The fourth-order valence-corrected chi connectivity index (χ4v) is 0.667. The quantitative estimate of drug-likeness (QED) is 0.543. The minimum absolute atomic E-state index is 0.133. The van der Waals surface area contributed by atoms with Crippen molar-refractivity contribution < 1.29 is 9.53 Å². The molecule has 0 fully saturated rings. The molecule has 2 atom stereocenters. The average Bonchev–Trinajstić information content (AvgIpc) is 2.02. The molecule has 4 heteroatoms. The third-order valence-corrected chi connectivity index (χ3v) is 1.73. The third-order valence-electron chi connectivity index (χ3n) is 1.73. The molecule has 0 aliphatic rings. The van der Waals surface area contributed by atoms with Gasteiger partial charge in [-0.2, -0.15) is 0 Å². The third kappa shape index (κ3) is 3.95. The molecular formula is C7H16N2O2. The number of rotatable bonds is 4. The first-order chi connectivity index (χ1) is 5.11. The summed E-state index contributed by atoms with van der Waals surface area (Å²) < 4.78 is 4.47. The van der Waals surface area contributed by atoms with Crippen LogP contribution in [0.15, 0.2) is 0 Å². The number of nitrogens with two attached hydrogens (primary N) is 1. The number of esters is 1. The van der Waals surface area contributed by atoms with Crippen molar-refractivity contribution in [1.29, 1.82) is 0 Å². The van der Waals surface area contributed by atoms with Crippen molar-refractivity contribution >= 4 is 5.97 Å². The van der Waals surface area contributed by atoms with Crippen LogP contribution in [0.4, 0.5) is 0 Å². The van der Waals surface area contributed by atoms with Crippen LogP contribution in [0.25, 0.3) is 0 Å². The van der Waals surface area contributed by atoms with E-state index in [1.54, 1.807) is 0 Å². The van der Waals surface area contributed by atoms with Crippen molar-refractivity contribution in [1.82, 2.24) is 5.32 Å². The summed E-state index contributed by atoms with van der Waals surface area (Å²) in [5.41, 5.74) is 5.64. The minimum atomic E-state index is -0.264. The van der Waals surface area contributed by atoms with Crippen molar-refractivity contribution in [2.75, 3.05) is 14.2 Å². The monoisotopic (exact) mass is 160 g/mol. The Morgan fingerprint density at radius 1 is 1.73 bits per heavy atom. The van der Waals surface area contributed by atoms with Gasteiger partial charge in [0.15, 0.2) is 0 Å². The van der Waals surface area contributed by atoms with E-state index in [0.717, 1.165) is 0 Å². The zero-order valence-corrected chi connectivity index (χ0v) is 7.26. The van der Waals surface area contributed by atoms with Crippen LogP contribution in [-0.2, 0) is 9.53 Å². The van der Waals surface area contributed by atoms with Crippen LogP contribution in [0.3, 0.4) is 0 Å². The number of nitrogens with one attached hydrogen (secondary N) is 1. The second-order valence-corrected chi connectivity index (χ2v) is 2.52. The first-order valence-electron chi connectivity index (χ1n) is 3.61. The van der Waals surface area contributed by atoms with Gasteiger partial charge in [0.2, 0.25) is 0 Å². The summed E-state index contributed by atoms with van der Waals surface area (Å²) in [6.07, 6.45) is 0.262. The maximum absolute atomic E-state index is 10.7. The van der Waals surface area contributed by atoms with E-state index in [2.05, 4.69) is 10.1 Å². The van der Waals surface area contributed by atoms with Crippen molar-refractivity contribution in [3.8, 4) is 0 Å². The Bertz CT molecular complexity index is 128. The molecular weight excluding hydrogens is 144 g/mol. The zero-order chi connectivity index (χ0) is 8.85. The maximum atomic E-state index is 10.7. The predicted octanol–water partition coefficient (Wildman–Crippen LogP) is -0.515. The van der Waals surface area contributed by atoms with Gasteiger partial charge in [-0.25, -0.2) is 0 Å². The second-order valence-electron chi connectivity index (χ2n) is 2.52. The molecule has 4 nitrogen and oxygen atoms in total. The maximum Gasteiger partial charge on any atom is 0.307 e. The fraction of sp³-hybridized carbons (Fsp3) is 0.857. The lowest BCUT2D eigenvalue weighted by Gasteiger charge is -2.17. The number of hydrogen-bond donors (Lipinski definition) is 2. The predicted molar refractivity (Wildman–Crippen MR) is 43.1 cm³/mol. The van der Waals surface area contributed by atoms with Gasteiger partial charge < -0.3 is 15.8 Å². The topological polar surface area (TPSA) is 64.3 Å². The number of likely N-dealkylation sites (N-methyl/N-ethyl adjacent to an activating group) is 1. The van der Waals surface area contributed by atoms with Crippen molar-refractivity contribution in [3.05, 3.63) is 0 Å². The molecule has 11 heavy (non-hydrogen) atoms. The molecule has 0 aliphatic heterocycles. The van der Waals surface area contributed by atoms with E-state index in [1.807, 2.05) is 14.0 Å². The van der Waals surface area contributed by atoms with Gasteiger partial charge in [0.25, 0.3) is 0 Å². The van der Waals surface area contributed by atoms with Crippen LogP contribution >= 0.6 is 0 Å². The van der Waals surface area contributed by atoms with E-state index in [0.29, 0.717) is 0 Å². The molecule has 0 aromatic carbocycles. The lowest BCUT2D eigenvalue weighted by Crippen LogP contribution is -2.42. The molecule has 1 unspecified atom stereocenters. The molecule has 0 spiro atoms. The molecule has 0 aliphatic carbocycles. The highest BCUT2D eigenvalue weighted by atomic mass is 16.5. The van der Waals surface area contributed by atoms with E-state index in [9.17, 15) is 4.79 Å². The first kappa shape index (κ1) is 10.4. The van der Waals surface area contributed by atoms with E-state index in [1.165, 1.54) is 7.11 Å². The summed E-state index contributed by atoms with van der Waals surface area (Å²) >= 11 is 0. The van der Waals surface area contributed by atoms with E-state index >= 15 is 0 Å². The van der Waals surface area contributed by atoms with Crippen LogP contribution in [0.1, 0.15) is 13.3 Å². The minimum Gasteiger partial charge on any atom is -0.469 e. The van der Waals surface area contributed by atoms with Gasteiger partial charge in [0.05, 0.1) is 13.5 Å². The summed E-state index contributed by atoms with van der Waals surface area (Å²) in [7, 11) is 3.17. The Balaban J connectivity index is 3.67. The summed E-state index contributed by atoms with van der Waals surface area (Å²) in [5, 5.41) is 2.96. The Labute approximate surface area is 67.1 Å². The lowest BCUT2D eigenvalue weighted by molar-refractivity contribution is -0.141. The van der Waals surface area contributed by atoms with Gasteiger partial charge >= 0.3 is 5.97 Å². The SMILES string of the molecule is CN[C@H](C)C(N)CC(=O)OC. The highest BCUT2D eigenvalue weighted by Crippen LogP contribution is 1.95. The smallest absolute Gasteiger partial charge is 0.307 e. The summed E-state index contributed by atoms with van der Waals surface area (Å²) in [5.74, 6) is -0.264. The van der Waals surface area contributed by atoms with Crippen LogP contribution in [0.5, 0.6) is 0 Å². The fourth-order valence-electron chi connectivity index (χ4n) is 0.667. The van der Waals surface area contributed by atoms with Crippen molar-refractivity contribution in [2.45, 2.75) is 25.4 Å². The highest BCUT2D eigenvalue weighted by Gasteiger charge is 2.14. The molecule has 0 amide bonds. The van der Waals surface area contributed by atoms with Gasteiger partial charge in [-0.15, -0.1) is 0 Å². The van der Waals surface area contributed by atoms with Crippen molar-refractivity contribution in [2.24, 2.45) is 5.73 Å². The van der Waals surface area contributed by atoms with Crippen LogP contribution in [0.2, 0.25) is 0 Å². The van der Waals surface area contributed by atoms with Crippen LogP contribution in [0, 0.1) is 0 Å². The molecule has 0 saturated heterocycles. The summed E-state index contributed by atoms with van der Waals surface area (Å²) in [6.45, 7) is 1.92. The molecule has 0 radical (unpaired) electrons. The second kappa shape index (κ2) is 5.09. The van der Waals surface area contributed by atoms with Gasteiger partial charge in [-0.3, -0.25) is 4.79 Å². The van der Waals surface area contributed by atoms with Crippen LogP contribution < -0.4 is 11.1 Å².